The molecule has 0 aliphatic heterocycles. The first-order valence-corrected chi connectivity index (χ1v) is 10.8. The van der Waals surface area contributed by atoms with Gasteiger partial charge in [-0.1, -0.05) is 6.92 Å². The molecule has 4 fully saturated rings. The normalized spacial score (nSPS) is 35.5. The molecule has 4 bridgehead atoms. The third-order valence-corrected chi connectivity index (χ3v) is 8.48. The van der Waals surface area contributed by atoms with Gasteiger partial charge < -0.3 is 0 Å². The van der Waals surface area contributed by atoms with Crippen molar-refractivity contribution in [2.45, 2.75) is 64.0 Å². The lowest BCUT2D eigenvalue weighted by atomic mass is 9.49. The van der Waals surface area contributed by atoms with E-state index in [9.17, 15) is 18.0 Å². The second kappa shape index (κ2) is 6.32. The van der Waals surface area contributed by atoms with E-state index in [1.807, 2.05) is 0 Å². The Hall–Kier alpha value is -1.11. The number of carbonyl (C=O) groups excluding carboxylic acids is 2. The average molecular weight is 356 g/mol. The van der Waals surface area contributed by atoms with Crippen molar-refractivity contribution in [1.82, 2.24) is 10.9 Å². The molecule has 0 unspecified atom stereocenters. The maximum atomic E-state index is 12.7. The summed E-state index contributed by atoms with van der Waals surface area (Å²) in [6.07, 6.45) is 6.92. The zero-order chi connectivity index (χ0) is 17.5. The topological polar surface area (TPSA) is 92.3 Å². The van der Waals surface area contributed by atoms with Crippen molar-refractivity contribution in [1.29, 1.82) is 0 Å². The van der Waals surface area contributed by atoms with E-state index in [4.69, 9.17) is 0 Å². The number of sulfone groups is 1. The molecule has 2 N–H and O–H groups in total. The molecule has 6 nitrogen and oxygen atoms in total. The van der Waals surface area contributed by atoms with E-state index < -0.39 is 21.0 Å². The summed E-state index contributed by atoms with van der Waals surface area (Å²) in [5.41, 5.74) is 4.53. The SMILES string of the molecule is CCCS(=O)(=O)[C@H](C)C(=O)NNC(=O)C12CC3CC(CC(C3)C1)C2. The van der Waals surface area contributed by atoms with Crippen molar-refractivity contribution < 1.29 is 18.0 Å². The summed E-state index contributed by atoms with van der Waals surface area (Å²) >= 11 is 0. The molecule has 24 heavy (non-hydrogen) atoms. The quantitative estimate of drug-likeness (QED) is 0.731. The summed E-state index contributed by atoms with van der Waals surface area (Å²) in [7, 11) is -3.47. The molecule has 0 aromatic carbocycles. The number of hydrazine groups is 1. The Balaban J connectivity index is 1.59. The van der Waals surface area contributed by atoms with Crippen LogP contribution >= 0.6 is 0 Å². The Labute approximate surface area is 144 Å². The smallest absolute Gasteiger partial charge is 0.256 e. The minimum Gasteiger partial charge on any atom is -0.273 e. The van der Waals surface area contributed by atoms with Gasteiger partial charge in [0.15, 0.2) is 9.84 Å². The summed E-state index contributed by atoms with van der Waals surface area (Å²) in [4.78, 5) is 24.8. The maximum absolute atomic E-state index is 12.7. The number of rotatable bonds is 5. The van der Waals surface area contributed by atoms with E-state index >= 15 is 0 Å². The molecule has 4 aliphatic carbocycles. The van der Waals surface area contributed by atoms with Gasteiger partial charge in [0, 0.05) is 0 Å². The first kappa shape index (κ1) is 17.7. The molecule has 1 atom stereocenters. The van der Waals surface area contributed by atoms with Crippen LogP contribution in [0.4, 0.5) is 0 Å². The highest BCUT2D eigenvalue weighted by atomic mass is 32.2. The van der Waals surface area contributed by atoms with Crippen LogP contribution in [-0.4, -0.2) is 31.2 Å². The summed E-state index contributed by atoms with van der Waals surface area (Å²) in [5.74, 6) is 1.12. The van der Waals surface area contributed by atoms with Crippen LogP contribution in [0.15, 0.2) is 0 Å². The van der Waals surface area contributed by atoms with Gasteiger partial charge in [-0.2, -0.15) is 0 Å². The summed E-state index contributed by atoms with van der Waals surface area (Å²) in [6, 6.07) is 0. The molecule has 2 amide bonds. The Morgan fingerprint density at radius 1 is 1.04 bits per heavy atom. The van der Waals surface area contributed by atoms with E-state index in [-0.39, 0.29) is 17.1 Å². The summed E-state index contributed by atoms with van der Waals surface area (Å²) in [6.45, 7) is 3.13. The highest BCUT2D eigenvalue weighted by Crippen LogP contribution is 2.59. The second-order valence-corrected chi connectivity index (χ2v) is 10.6. The largest absolute Gasteiger partial charge is 0.273 e. The van der Waals surface area contributed by atoms with E-state index in [2.05, 4.69) is 10.9 Å². The third-order valence-electron chi connectivity index (χ3n) is 6.22. The fourth-order valence-electron chi connectivity index (χ4n) is 5.37. The molecule has 4 aliphatic rings. The van der Waals surface area contributed by atoms with Crippen molar-refractivity contribution in [2.24, 2.45) is 23.2 Å². The number of nitrogens with one attached hydrogen (secondary N) is 2. The fraction of sp³-hybridized carbons (Fsp3) is 0.882. The van der Waals surface area contributed by atoms with Gasteiger partial charge in [-0.3, -0.25) is 20.4 Å². The van der Waals surface area contributed by atoms with Crippen LogP contribution in [0.3, 0.4) is 0 Å². The molecule has 4 rings (SSSR count). The summed E-state index contributed by atoms with van der Waals surface area (Å²) < 4.78 is 23.9. The van der Waals surface area contributed by atoms with Gasteiger partial charge in [0.2, 0.25) is 5.91 Å². The van der Waals surface area contributed by atoms with Gasteiger partial charge in [-0.05, 0) is 69.6 Å². The zero-order valence-corrected chi connectivity index (χ0v) is 15.3. The lowest BCUT2D eigenvalue weighted by molar-refractivity contribution is -0.148. The van der Waals surface area contributed by atoms with Crippen molar-refractivity contribution in [3.05, 3.63) is 0 Å². The van der Waals surface area contributed by atoms with Gasteiger partial charge in [-0.15, -0.1) is 0 Å². The van der Waals surface area contributed by atoms with E-state index in [1.165, 1.54) is 26.2 Å². The monoisotopic (exact) mass is 356 g/mol. The van der Waals surface area contributed by atoms with Gasteiger partial charge >= 0.3 is 0 Å². The van der Waals surface area contributed by atoms with Crippen LogP contribution in [0, 0.1) is 23.2 Å². The van der Waals surface area contributed by atoms with Gasteiger partial charge in [0.1, 0.15) is 5.25 Å². The number of carbonyl (C=O) groups is 2. The van der Waals surface area contributed by atoms with Crippen LogP contribution < -0.4 is 10.9 Å². The molecule has 0 radical (unpaired) electrons. The zero-order valence-electron chi connectivity index (χ0n) is 14.5. The molecular weight excluding hydrogens is 328 g/mol. The molecule has 0 aromatic rings. The second-order valence-electron chi connectivity index (χ2n) is 8.15. The van der Waals surface area contributed by atoms with Crippen molar-refractivity contribution in [3.63, 3.8) is 0 Å². The van der Waals surface area contributed by atoms with Gasteiger partial charge in [0.05, 0.1) is 11.2 Å². The Morgan fingerprint density at radius 2 is 1.54 bits per heavy atom. The van der Waals surface area contributed by atoms with Crippen LogP contribution in [0.25, 0.3) is 0 Å². The van der Waals surface area contributed by atoms with Gasteiger partial charge in [-0.25, -0.2) is 8.42 Å². The Kier molecular flexibility index (Phi) is 4.66. The molecule has 0 aromatic heterocycles. The molecule has 4 saturated carbocycles. The number of hydrogen-bond acceptors (Lipinski definition) is 4. The third kappa shape index (κ3) is 3.19. The van der Waals surface area contributed by atoms with Gasteiger partial charge in [0.25, 0.3) is 5.91 Å². The first-order chi connectivity index (χ1) is 11.3. The highest BCUT2D eigenvalue weighted by molar-refractivity contribution is 7.92. The van der Waals surface area contributed by atoms with Crippen LogP contribution in [0.1, 0.15) is 58.8 Å². The highest BCUT2D eigenvalue weighted by Gasteiger charge is 2.54. The molecule has 136 valence electrons. The molecule has 7 heteroatoms. The number of hydrogen-bond donors (Lipinski definition) is 2. The average Bonchev–Trinajstić information content (AvgIpc) is 2.50. The lowest BCUT2D eigenvalue weighted by Gasteiger charge is -2.55. The predicted molar refractivity (Wildman–Crippen MR) is 90.4 cm³/mol. The van der Waals surface area contributed by atoms with E-state index in [0.29, 0.717) is 24.2 Å². The molecular formula is C17H28N2O4S. The van der Waals surface area contributed by atoms with E-state index in [1.54, 1.807) is 6.92 Å². The van der Waals surface area contributed by atoms with Crippen LogP contribution in [0.2, 0.25) is 0 Å². The van der Waals surface area contributed by atoms with E-state index in [0.717, 1.165) is 19.3 Å². The Morgan fingerprint density at radius 3 is 2.00 bits per heavy atom. The fourth-order valence-corrected chi connectivity index (χ4v) is 6.67. The maximum Gasteiger partial charge on any atom is 0.256 e. The van der Waals surface area contributed by atoms with Crippen molar-refractivity contribution in [3.8, 4) is 0 Å². The molecule has 0 saturated heterocycles. The Bertz CT molecular complexity index is 593. The minimum absolute atomic E-state index is 0.0233. The number of amides is 2. The van der Waals surface area contributed by atoms with Crippen molar-refractivity contribution in [2.75, 3.05) is 5.75 Å². The first-order valence-electron chi connectivity index (χ1n) is 9.07. The van der Waals surface area contributed by atoms with Crippen LogP contribution in [-0.2, 0) is 19.4 Å². The van der Waals surface area contributed by atoms with Crippen molar-refractivity contribution >= 4 is 21.7 Å². The lowest BCUT2D eigenvalue weighted by Crippen LogP contribution is -2.58. The summed E-state index contributed by atoms with van der Waals surface area (Å²) in [5, 5.41) is -1.14. The molecule has 0 spiro atoms. The minimum atomic E-state index is -3.47. The standard InChI is InChI=1S/C17H28N2O4S/c1-3-4-24(22,23)11(2)15(20)18-19-16(21)17-8-12-5-13(9-17)7-14(6-12)10-17/h11-14H,3-10H2,1-2H3,(H,18,20)(H,19,21)/t11-,12?,13?,14?,17?/m1/s1. The van der Waals surface area contributed by atoms with Crippen LogP contribution in [0.5, 0.6) is 0 Å². The predicted octanol–water partition coefficient (Wildman–Crippen LogP) is 1.56. The molecule has 0 heterocycles.